The molecule has 0 spiro atoms. The normalized spacial score (nSPS) is 12.6. The Morgan fingerprint density at radius 2 is 2.20 bits per heavy atom. The summed E-state index contributed by atoms with van der Waals surface area (Å²) in [6.45, 7) is 8.03. The summed E-state index contributed by atoms with van der Waals surface area (Å²) >= 11 is 1.39. The smallest absolute Gasteiger partial charge is 0.319 e. The van der Waals surface area contributed by atoms with Crippen LogP contribution < -0.4 is 10.6 Å². The summed E-state index contributed by atoms with van der Waals surface area (Å²) in [4.78, 5) is 13.4. The Labute approximate surface area is 123 Å². The lowest BCUT2D eigenvalue weighted by molar-refractivity contribution is 0.241. The first kappa shape index (κ1) is 16.5. The van der Waals surface area contributed by atoms with E-state index in [1.165, 1.54) is 11.3 Å². The van der Waals surface area contributed by atoms with Gasteiger partial charge in [-0.25, -0.2) is 4.79 Å². The van der Waals surface area contributed by atoms with E-state index in [4.69, 9.17) is 10.4 Å². The quantitative estimate of drug-likeness (QED) is 0.798. The number of nitrogens with zero attached hydrogens (tertiary/aromatic N) is 1. The maximum atomic E-state index is 11.8. The molecule has 0 aliphatic carbocycles. The molecular weight excluding hydrogens is 274 g/mol. The number of amides is 2. The SMILES string of the molecule is CC(CCO)NC(=O)Nc1cc(C(C)(C)C)sc1C#N. The molecule has 0 fully saturated rings. The summed E-state index contributed by atoms with van der Waals surface area (Å²) in [6.07, 6.45) is 0.495. The van der Waals surface area contributed by atoms with Gasteiger partial charge in [0.2, 0.25) is 0 Å². The number of nitriles is 1. The molecule has 1 aromatic heterocycles. The number of anilines is 1. The number of nitrogens with one attached hydrogen (secondary N) is 2. The summed E-state index contributed by atoms with van der Waals surface area (Å²) in [6, 6.07) is 3.48. The van der Waals surface area contributed by atoms with Gasteiger partial charge >= 0.3 is 6.03 Å². The van der Waals surface area contributed by atoms with Crippen LogP contribution in [0.15, 0.2) is 6.07 Å². The van der Waals surface area contributed by atoms with Crippen LogP contribution in [-0.2, 0) is 5.41 Å². The molecule has 0 aliphatic heterocycles. The van der Waals surface area contributed by atoms with Crippen molar-refractivity contribution < 1.29 is 9.90 Å². The molecule has 0 saturated heterocycles. The zero-order valence-electron chi connectivity index (χ0n) is 12.3. The second kappa shape index (κ2) is 6.73. The van der Waals surface area contributed by atoms with E-state index >= 15 is 0 Å². The van der Waals surface area contributed by atoms with E-state index < -0.39 is 0 Å². The van der Waals surface area contributed by atoms with Crippen molar-refractivity contribution in [2.45, 2.75) is 45.6 Å². The third-order valence-electron chi connectivity index (χ3n) is 2.76. The van der Waals surface area contributed by atoms with E-state index in [0.717, 1.165) is 4.88 Å². The number of aliphatic hydroxyl groups excluding tert-OH is 1. The third kappa shape index (κ3) is 4.51. The highest BCUT2D eigenvalue weighted by molar-refractivity contribution is 7.13. The van der Waals surface area contributed by atoms with Crippen LogP contribution in [0.5, 0.6) is 0 Å². The lowest BCUT2D eigenvalue weighted by atomic mass is 9.94. The highest BCUT2D eigenvalue weighted by Crippen LogP contribution is 2.34. The van der Waals surface area contributed by atoms with Gasteiger partial charge in [0.1, 0.15) is 10.9 Å². The molecule has 0 radical (unpaired) electrons. The van der Waals surface area contributed by atoms with Gasteiger partial charge in [-0.15, -0.1) is 11.3 Å². The van der Waals surface area contributed by atoms with Gasteiger partial charge in [-0.05, 0) is 24.8 Å². The highest BCUT2D eigenvalue weighted by Gasteiger charge is 2.20. The van der Waals surface area contributed by atoms with Crippen molar-refractivity contribution in [2.75, 3.05) is 11.9 Å². The average molecular weight is 295 g/mol. The van der Waals surface area contributed by atoms with E-state index in [1.54, 1.807) is 0 Å². The summed E-state index contributed by atoms with van der Waals surface area (Å²) in [5.74, 6) is 0. The molecule has 3 N–H and O–H groups in total. The van der Waals surface area contributed by atoms with Gasteiger partial charge in [0.15, 0.2) is 0 Å². The molecule has 0 aliphatic rings. The summed E-state index contributed by atoms with van der Waals surface area (Å²) < 4.78 is 0. The molecule has 1 aromatic rings. The standard InChI is InChI=1S/C14H21N3O2S/c1-9(5-6-18)16-13(19)17-10-7-12(14(2,3)4)20-11(10)8-15/h7,9,18H,5-6H2,1-4H3,(H2,16,17,19). The van der Waals surface area contributed by atoms with Crippen molar-refractivity contribution in [3.8, 4) is 6.07 Å². The number of carbonyl (C=O) groups is 1. The second-order valence-electron chi connectivity index (χ2n) is 5.73. The summed E-state index contributed by atoms with van der Waals surface area (Å²) in [5.41, 5.74) is 0.479. The Kier molecular flexibility index (Phi) is 5.54. The highest BCUT2D eigenvalue weighted by atomic mass is 32.1. The first-order chi connectivity index (χ1) is 9.27. The number of aliphatic hydroxyl groups is 1. The second-order valence-corrected chi connectivity index (χ2v) is 6.78. The summed E-state index contributed by atoms with van der Waals surface area (Å²) in [5, 5.41) is 23.3. The number of rotatable bonds is 4. The molecule has 1 rings (SSSR count). The minimum absolute atomic E-state index is 0.0253. The maximum absolute atomic E-state index is 11.8. The van der Waals surface area contributed by atoms with Crippen molar-refractivity contribution in [3.05, 3.63) is 15.8 Å². The predicted molar refractivity (Wildman–Crippen MR) is 81.1 cm³/mol. The largest absolute Gasteiger partial charge is 0.396 e. The van der Waals surface area contributed by atoms with E-state index in [-0.39, 0.29) is 24.1 Å². The van der Waals surface area contributed by atoms with Crippen LogP contribution in [0.4, 0.5) is 10.5 Å². The lowest BCUT2D eigenvalue weighted by Gasteiger charge is -2.15. The molecule has 1 heterocycles. The zero-order chi connectivity index (χ0) is 15.3. The van der Waals surface area contributed by atoms with Gasteiger partial charge in [-0.2, -0.15) is 5.26 Å². The van der Waals surface area contributed by atoms with Gasteiger partial charge in [-0.1, -0.05) is 20.8 Å². The van der Waals surface area contributed by atoms with Crippen LogP contribution >= 0.6 is 11.3 Å². The van der Waals surface area contributed by atoms with Crippen LogP contribution in [0.1, 0.15) is 43.9 Å². The van der Waals surface area contributed by atoms with Crippen molar-refractivity contribution in [1.29, 1.82) is 5.26 Å². The molecule has 0 saturated carbocycles. The van der Waals surface area contributed by atoms with Crippen LogP contribution in [-0.4, -0.2) is 23.8 Å². The number of hydrogen-bond donors (Lipinski definition) is 3. The van der Waals surface area contributed by atoms with Crippen LogP contribution in [0.2, 0.25) is 0 Å². The van der Waals surface area contributed by atoms with Crippen molar-refractivity contribution in [1.82, 2.24) is 5.32 Å². The number of thiophene rings is 1. The van der Waals surface area contributed by atoms with Gasteiger partial charge < -0.3 is 15.7 Å². The molecule has 20 heavy (non-hydrogen) atoms. The minimum Gasteiger partial charge on any atom is -0.396 e. The number of urea groups is 1. The van der Waals surface area contributed by atoms with Crippen LogP contribution in [0.25, 0.3) is 0 Å². The molecular formula is C14H21N3O2S. The molecule has 0 bridgehead atoms. The Balaban J connectivity index is 2.80. The average Bonchev–Trinajstić information content (AvgIpc) is 2.71. The monoisotopic (exact) mass is 295 g/mol. The lowest BCUT2D eigenvalue weighted by Crippen LogP contribution is -2.36. The topological polar surface area (TPSA) is 85.2 Å². The van der Waals surface area contributed by atoms with Gasteiger partial charge in [0.25, 0.3) is 0 Å². The van der Waals surface area contributed by atoms with Crippen LogP contribution in [0, 0.1) is 11.3 Å². The third-order valence-corrected chi connectivity index (χ3v) is 4.23. The van der Waals surface area contributed by atoms with E-state index in [1.807, 2.05) is 13.0 Å². The number of hydrogen-bond acceptors (Lipinski definition) is 4. The van der Waals surface area contributed by atoms with Crippen molar-refractivity contribution in [3.63, 3.8) is 0 Å². The van der Waals surface area contributed by atoms with Crippen molar-refractivity contribution in [2.24, 2.45) is 0 Å². The van der Waals surface area contributed by atoms with E-state index in [0.29, 0.717) is 17.0 Å². The maximum Gasteiger partial charge on any atom is 0.319 e. The molecule has 110 valence electrons. The van der Waals surface area contributed by atoms with Gasteiger partial charge in [0.05, 0.1) is 5.69 Å². The Bertz CT molecular complexity index is 511. The van der Waals surface area contributed by atoms with Gasteiger partial charge in [-0.3, -0.25) is 0 Å². The molecule has 5 nitrogen and oxygen atoms in total. The fourth-order valence-corrected chi connectivity index (χ4v) is 2.55. The Morgan fingerprint density at radius 1 is 1.55 bits per heavy atom. The minimum atomic E-state index is -0.360. The first-order valence-electron chi connectivity index (χ1n) is 6.50. The number of carbonyl (C=O) groups excluding carboxylic acids is 1. The van der Waals surface area contributed by atoms with Crippen LogP contribution in [0.3, 0.4) is 0 Å². The Morgan fingerprint density at radius 3 is 2.70 bits per heavy atom. The molecule has 6 heteroatoms. The van der Waals surface area contributed by atoms with E-state index in [2.05, 4.69) is 37.5 Å². The first-order valence-corrected chi connectivity index (χ1v) is 7.32. The Hall–Kier alpha value is -1.58. The molecule has 1 atom stereocenters. The molecule has 2 amide bonds. The molecule has 0 aromatic carbocycles. The fraction of sp³-hybridized carbons (Fsp3) is 0.571. The van der Waals surface area contributed by atoms with Crippen molar-refractivity contribution >= 4 is 23.1 Å². The predicted octanol–water partition coefficient (Wildman–Crippen LogP) is 2.81. The zero-order valence-corrected chi connectivity index (χ0v) is 13.1. The van der Waals surface area contributed by atoms with E-state index in [9.17, 15) is 4.79 Å². The molecule has 1 unspecified atom stereocenters. The van der Waals surface area contributed by atoms with Gasteiger partial charge in [0, 0.05) is 17.5 Å². The summed E-state index contributed by atoms with van der Waals surface area (Å²) in [7, 11) is 0. The fourth-order valence-electron chi connectivity index (χ4n) is 1.58.